The highest BCUT2D eigenvalue weighted by molar-refractivity contribution is 6.23. The quantitative estimate of drug-likeness (QED) is 0.183. The molecule has 0 atom stereocenters. The van der Waals surface area contributed by atoms with Gasteiger partial charge in [-0.15, -0.1) is 0 Å². The van der Waals surface area contributed by atoms with Gasteiger partial charge in [-0.25, -0.2) is 9.97 Å². The highest BCUT2D eigenvalue weighted by Crippen LogP contribution is 2.41. The van der Waals surface area contributed by atoms with E-state index in [0.29, 0.717) is 5.95 Å². The monoisotopic (exact) mass is 703 g/mol. The van der Waals surface area contributed by atoms with Gasteiger partial charge in [0.2, 0.25) is 5.95 Å². The van der Waals surface area contributed by atoms with Crippen molar-refractivity contribution in [2.45, 2.75) is 12.8 Å². The Balaban J connectivity index is 1.15. The molecule has 0 spiro atoms. The maximum atomic E-state index is 5.54. The van der Waals surface area contributed by atoms with E-state index in [-0.39, 0.29) is 0 Å². The molecule has 0 N–H and O–H groups in total. The summed E-state index contributed by atoms with van der Waals surface area (Å²) in [6.07, 6.45) is 10.9. The highest BCUT2D eigenvalue weighted by Gasteiger charge is 2.21. The summed E-state index contributed by atoms with van der Waals surface area (Å²) in [5.41, 5.74) is 11.1. The molecule has 0 bridgehead atoms. The van der Waals surface area contributed by atoms with Gasteiger partial charge in [-0.2, -0.15) is 0 Å². The molecule has 258 valence electrons. The van der Waals surface area contributed by atoms with Crippen LogP contribution in [-0.4, -0.2) is 23.7 Å². The average Bonchev–Trinajstić information content (AvgIpc) is 3.92. The van der Waals surface area contributed by atoms with Crippen LogP contribution in [-0.2, 0) is 0 Å². The van der Waals surface area contributed by atoms with Crippen molar-refractivity contribution in [2.75, 3.05) is 0 Å². The largest absolute Gasteiger partial charge is 0.320 e. The van der Waals surface area contributed by atoms with Crippen molar-refractivity contribution in [3.8, 4) is 22.9 Å². The molecule has 0 radical (unpaired) electrons. The lowest BCUT2D eigenvalue weighted by molar-refractivity contribution is 0.963. The second-order valence-corrected chi connectivity index (χ2v) is 14.6. The summed E-state index contributed by atoms with van der Waals surface area (Å²) < 4.78 is 7.00. The fourth-order valence-electron chi connectivity index (χ4n) is 9.03. The molecule has 0 unspecified atom stereocenters. The Morgan fingerprint density at radius 3 is 2.16 bits per heavy atom. The first-order valence-electron chi connectivity index (χ1n) is 19.0. The number of hydrogen-bond acceptors (Lipinski definition) is 2. The van der Waals surface area contributed by atoms with Crippen molar-refractivity contribution < 1.29 is 0 Å². The van der Waals surface area contributed by atoms with Crippen LogP contribution in [0, 0.1) is 0 Å². The number of para-hydroxylation sites is 3. The van der Waals surface area contributed by atoms with Gasteiger partial charge < -0.3 is 9.13 Å². The van der Waals surface area contributed by atoms with E-state index in [9.17, 15) is 0 Å². The second kappa shape index (κ2) is 11.6. The van der Waals surface area contributed by atoms with Gasteiger partial charge >= 0.3 is 0 Å². The van der Waals surface area contributed by atoms with Crippen LogP contribution in [0.1, 0.15) is 12.8 Å². The van der Waals surface area contributed by atoms with E-state index >= 15 is 0 Å². The number of fused-ring (bicyclic) bond motifs is 10. The number of allylic oxidation sites excluding steroid dienone is 4. The predicted molar refractivity (Wildman–Crippen MR) is 229 cm³/mol. The summed E-state index contributed by atoms with van der Waals surface area (Å²) in [7, 11) is 0. The van der Waals surface area contributed by atoms with E-state index in [1.165, 1.54) is 60.0 Å². The van der Waals surface area contributed by atoms with Gasteiger partial charge in [0.05, 0.1) is 38.8 Å². The predicted octanol–water partition coefficient (Wildman–Crippen LogP) is 12.8. The third-order valence-corrected chi connectivity index (χ3v) is 11.5. The molecule has 55 heavy (non-hydrogen) atoms. The SMILES string of the molecule is C1=CCCC(n2ccc3cc4c5c6ccccc6ccc5n(-c5nc(-c6ccc7c(c6)c6ccccc6n7-c6ccccc6)c6ccccc6n5)c4cc32)=C1. The fourth-order valence-corrected chi connectivity index (χ4v) is 9.03. The second-order valence-electron chi connectivity index (χ2n) is 14.6. The van der Waals surface area contributed by atoms with Crippen molar-refractivity contribution in [2.24, 2.45) is 0 Å². The maximum Gasteiger partial charge on any atom is 0.235 e. The fraction of sp³-hybridized carbons (Fsp3) is 0.0400. The zero-order valence-corrected chi connectivity index (χ0v) is 29.9. The molecule has 1 aliphatic carbocycles. The van der Waals surface area contributed by atoms with Gasteiger partial charge in [0, 0.05) is 55.5 Å². The molecule has 12 rings (SSSR count). The lowest BCUT2D eigenvalue weighted by atomic mass is 10.0. The Bertz CT molecular complexity index is 3430. The van der Waals surface area contributed by atoms with Crippen LogP contribution in [0.15, 0.2) is 176 Å². The minimum absolute atomic E-state index is 0.660. The van der Waals surface area contributed by atoms with Crippen molar-refractivity contribution in [1.82, 2.24) is 23.7 Å². The van der Waals surface area contributed by atoms with E-state index in [4.69, 9.17) is 9.97 Å². The lowest BCUT2D eigenvalue weighted by Gasteiger charge is -2.14. The van der Waals surface area contributed by atoms with Crippen molar-refractivity contribution in [1.29, 1.82) is 0 Å². The molecular weight excluding hydrogens is 671 g/mol. The molecule has 0 amide bonds. The zero-order valence-electron chi connectivity index (χ0n) is 29.9. The molecule has 0 aliphatic heterocycles. The smallest absolute Gasteiger partial charge is 0.235 e. The standard InChI is InChI=1S/C50H33N5/c1-3-14-35(15-4-1)53-28-27-33-29-41-47(31-46(33)53)55(45-26-23-32-13-7-8-18-37(32)48(41)45)50-51-42-21-11-9-20-39(42)49(52-50)34-24-25-44-40(30-34)38-19-10-12-22-43(38)54(44)36-16-5-2-6-17-36/h1-3,5-14,16-31H,4,15H2. The summed E-state index contributed by atoms with van der Waals surface area (Å²) in [5, 5.41) is 9.51. The summed E-state index contributed by atoms with van der Waals surface area (Å²) in [6, 6.07) is 54.6. The Morgan fingerprint density at radius 2 is 1.27 bits per heavy atom. The van der Waals surface area contributed by atoms with E-state index in [1.54, 1.807) is 0 Å². The lowest BCUT2D eigenvalue weighted by Crippen LogP contribution is -2.04. The zero-order chi connectivity index (χ0) is 36.0. The normalized spacial score (nSPS) is 13.3. The molecule has 1 aliphatic rings. The van der Waals surface area contributed by atoms with Crippen molar-refractivity contribution in [3.63, 3.8) is 0 Å². The maximum absolute atomic E-state index is 5.54. The molecule has 11 aromatic rings. The summed E-state index contributed by atoms with van der Waals surface area (Å²) in [5.74, 6) is 0.660. The first-order valence-corrected chi connectivity index (χ1v) is 19.0. The molecule has 4 aromatic heterocycles. The topological polar surface area (TPSA) is 40.6 Å². The van der Waals surface area contributed by atoms with Gasteiger partial charge in [0.25, 0.3) is 0 Å². The summed E-state index contributed by atoms with van der Waals surface area (Å²) >= 11 is 0. The van der Waals surface area contributed by atoms with E-state index < -0.39 is 0 Å². The van der Waals surface area contributed by atoms with Gasteiger partial charge in [-0.3, -0.25) is 4.57 Å². The van der Waals surface area contributed by atoms with E-state index in [0.717, 1.165) is 51.7 Å². The average molecular weight is 704 g/mol. The van der Waals surface area contributed by atoms with E-state index in [1.807, 2.05) is 0 Å². The number of aromatic nitrogens is 5. The molecule has 5 heteroatoms. The third kappa shape index (κ3) is 4.47. The number of rotatable bonds is 4. The Labute approximate surface area is 316 Å². The molecule has 0 fully saturated rings. The van der Waals surface area contributed by atoms with Gasteiger partial charge in [-0.05, 0) is 90.4 Å². The van der Waals surface area contributed by atoms with Crippen LogP contribution < -0.4 is 0 Å². The Morgan fingerprint density at radius 1 is 0.491 bits per heavy atom. The first-order chi connectivity index (χ1) is 27.3. The van der Waals surface area contributed by atoms with Crippen molar-refractivity contribution in [3.05, 3.63) is 176 Å². The number of benzene rings is 7. The summed E-state index contributed by atoms with van der Waals surface area (Å²) in [4.78, 5) is 10.9. The van der Waals surface area contributed by atoms with Gasteiger partial charge in [0.1, 0.15) is 0 Å². The van der Waals surface area contributed by atoms with Crippen LogP contribution >= 0.6 is 0 Å². The number of hydrogen-bond donors (Lipinski definition) is 0. The van der Waals surface area contributed by atoms with Crippen LogP contribution in [0.25, 0.3) is 105 Å². The van der Waals surface area contributed by atoms with Crippen LogP contribution in [0.2, 0.25) is 0 Å². The minimum Gasteiger partial charge on any atom is -0.320 e. The highest BCUT2D eigenvalue weighted by atomic mass is 15.2. The van der Waals surface area contributed by atoms with Gasteiger partial charge in [0.15, 0.2) is 0 Å². The molecule has 5 nitrogen and oxygen atoms in total. The van der Waals surface area contributed by atoms with Gasteiger partial charge in [-0.1, -0.05) is 103 Å². The Kier molecular flexibility index (Phi) is 6.39. The van der Waals surface area contributed by atoms with Crippen LogP contribution in [0.4, 0.5) is 0 Å². The third-order valence-electron chi connectivity index (χ3n) is 11.5. The molecule has 7 aromatic carbocycles. The molecule has 4 heterocycles. The first kappa shape index (κ1) is 30.2. The van der Waals surface area contributed by atoms with Crippen molar-refractivity contribution >= 4 is 81.9 Å². The van der Waals surface area contributed by atoms with Crippen LogP contribution in [0.5, 0.6) is 0 Å². The number of nitrogens with zero attached hydrogens (tertiary/aromatic N) is 5. The molecule has 0 saturated carbocycles. The molecule has 0 saturated heterocycles. The van der Waals surface area contributed by atoms with Crippen LogP contribution in [0.3, 0.4) is 0 Å². The Hall–Kier alpha value is -7.24. The summed E-state index contributed by atoms with van der Waals surface area (Å²) in [6.45, 7) is 0. The molecular formula is C50H33N5. The van der Waals surface area contributed by atoms with E-state index in [2.05, 4.69) is 190 Å². The minimum atomic E-state index is 0.660.